The highest BCUT2D eigenvalue weighted by Gasteiger charge is 2.66. The van der Waals surface area contributed by atoms with Crippen LogP contribution in [-0.2, 0) is 23.7 Å². The summed E-state index contributed by atoms with van der Waals surface area (Å²) in [5, 5.41) is 5.03. The average Bonchev–Trinajstić information content (AvgIpc) is 3.75. The fraction of sp³-hybridized carbons (Fsp3) is 0.500. The SMILES string of the molecule is CC12CC[C@@H]3[C@]4(C)COC(c5cn(-c6ccccc6)nc5-c5ccc(Br)cc5)O[C@@H]4CC[C@@]3(C)[C@@H]1CC(C1=CCOC1=O)O2. The number of benzene rings is 2. The lowest BCUT2D eigenvalue weighted by molar-refractivity contribution is -0.314. The van der Waals surface area contributed by atoms with Gasteiger partial charge in [0.2, 0.25) is 0 Å². The van der Waals surface area contributed by atoms with Crippen LogP contribution in [0.15, 0.2) is 76.9 Å². The molecule has 7 nitrogen and oxygen atoms in total. The zero-order valence-electron chi connectivity index (χ0n) is 25.5. The Morgan fingerprint density at radius 2 is 1.75 bits per heavy atom. The van der Waals surface area contributed by atoms with Crippen LogP contribution in [0.4, 0.5) is 0 Å². The predicted molar refractivity (Wildman–Crippen MR) is 169 cm³/mol. The summed E-state index contributed by atoms with van der Waals surface area (Å²) in [6.45, 7) is 8.11. The van der Waals surface area contributed by atoms with Crippen LogP contribution in [-0.4, -0.2) is 46.8 Å². The van der Waals surface area contributed by atoms with E-state index in [0.717, 1.165) is 59.1 Å². The summed E-state index contributed by atoms with van der Waals surface area (Å²) in [6.07, 6.45) is 8.30. The van der Waals surface area contributed by atoms with Crippen LogP contribution < -0.4 is 0 Å². The Hall–Kier alpha value is -2.78. The molecule has 2 aromatic carbocycles. The van der Waals surface area contributed by atoms with E-state index < -0.39 is 6.29 Å². The van der Waals surface area contributed by atoms with E-state index in [4.69, 9.17) is 24.0 Å². The van der Waals surface area contributed by atoms with Crippen LogP contribution >= 0.6 is 15.9 Å². The predicted octanol–water partition coefficient (Wildman–Crippen LogP) is 7.58. The number of carbonyl (C=O) groups is 1. The van der Waals surface area contributed by atoms with Gasteiger partial charge in [0.25, 0.3) is 0 Å². The smallest absolute Gasteiger partial charge is 0.336 e. The van der Waals surface area contributed by atoms with Crippen molar-refractivity contribution in [1.82, 2.24) is 9.78 Å². The van der Waals surface area contributed by atoms with Crippen molar-refractivity contribution in [1.29, 1.82) is 0 Å². The first-order valence-electron chi connectivity index (χ1n) is 15.9. The van der Waals surface area contributed by atoms with E-state index in [1.54, 1.807) is 0 Å². The Kier molecular flexibility index (Phi) is 6.76. The van der Waals surface area contributed by atoms with Gasteiger partial charge in [-0.1, -0.05) is 60.1 Å². The quantitative estimate of drug-likeness (QED) is 0.269. The highest BCUT2D eigenvalue weighted by Crippen LogP contribution is 2.67. The number of hydrogen-bond donors (Lipinski definition) is 0. The first-order valence-corrected chi connectivity index (χ1v) is 16.7. The van der Waals surface area contributed by atoms with Crippen molar-refractivity contribution < 1.29 is 23.7 Å². The Bertz CT molecular complexity index is 1620. The van der Waals surface area contributed by atoms with Crippen molar-refractivity contribution in [3.8, 4) is 16.9 Å². The Labute approximate surface area is 267 Å². The molecule has 0 amide bonds. The molecule has 3 unspecified atom stereocenters. The van der Waals surface area contributed by atoms with E-state index in [9.17, 15) is 4.79 Å². The first kappa shape index (κ1) is 28.7. The fourth-order valence-corrected chi connectivity index (χ4v) is 9.77. The van der Waals surface area contributed by atoms with E-state index in [2.05, 4.69) is 67.2 Å². The topological polar surface area (TPSA) is 71.8 Å². The third kappa shape index (κ3) is 4.39. The van der Waals surface area contributed by atoms with Gasteiger partial charge in [-0.2, -0.15) is 5.10 Å². The molecular weight excluding hydrogens is 620 g/mol. The Morgan fingerprint density at radius 3 is 2.50 bits per heavy atom. The zero-order chi connectivity index (χ0) is 30.3. The second-order valence-corrected chi connectivity index (χ2v) is 15.0. The molecule has 2 saturated heterocycles. The van der Waals surface area contributed by atoms with Crippen LogP contribution in [0.25, 0.3) is 16.9 Å². The number of ether oxygens (including phenoxy) is 4. The molecule has 4 heterocycles. The Morgan fingerprint density at radius 1 is 0.955 bits per heavy atom. The third-order valence-electron chi connectivity index (χ3n) is 11.7. The van der Waals surface area contributed by atoms with Crippen molar-refractivity contribution in [3.05, 3.63) is 82.5 Å². The summed E-state index contributed by atoms with van der Waals surface area (Å²) < 4.78 is 28.6. The van der Waals surface area contributed by atoms with Crippen molar-refractivity contribution >= 4 is 21.9 Å². The largest absolute Gasteiger partial charge is 0.458 e. The molecule has 8 heteroatoms. The van der Waals surface area contributed by atoms with Gasteiger partial charge in [0, 0.05) is 21.6 Å². The normalized spacial score (nSPS) is 38.0. The number of rotatable bonds is 4. The molecule has 1 aromatic heterocycles. The number of fused-ring (bicyclic) bond motifs is 5. The second-order valence-electron chi connectivity index (χ2n) is 14.1. The monoisotopic (exact) mass is 658 g/mol. The lowest BCUT2D eigenvalue weighted by Crippen LogP contribution is -2.63. The lowest BCUT2D eigenvalue weighted by atomic mass is 9.44. The minimum atomic E-state index is -0.498. The van der Waals surface area contributed by atoms with Gasteiger partial charge >= 0.3 is 5.97 Å². The number of para-hydroxylation sites is 1. The molecule has 0 N–H and O–H groups in total. The number of carbonyl (C=O) groups excluding carboxylic acids is 1. The van der Waals surface area contributed by atoms with Crippen LogP contribution in [0.3, 0.4) is 0 Å². The number of hydrogen-bond acceptors (Lipinski definition) is 6. The van der Waals surface area contributed by atoms with Gasteiger partial charge in [0.05, 0.1) is 41.2 Å². The van der Waals surface area contributed by atoms with Gasteiger partial charge in [-0.15, -0.1) is 0 Å². The molecule has 8 atom stereocenters. The third-order valence-corrected chi connectivity index (χ3v) is 12.2. The highest BCUT2D eigenvalue weighted by atomic mass is 79.9. The van der Waals surface area contributed by atoms with E-state index in [0.29, 0.717) is 30.6 Å². The lowest BCUT2D eigenvalue weighted by Gasteiger charge is -2.64. The highest BCUT2D eigenvalue weighted by molar-refractivity contribution is 9.10. The average molecular weight is 660 g/mol. The fourth-order valence-electron chi connectivity index (χ4n) is 9.51. The number of cyclic esters (lactones) is 1. The zero-order valence-corrected chi connectivity index (χ0v) is 27.1. The molecule has 3 aromatic rings. The first-order chi connectivity index (χ1) is 21.2. The van der Waals surface area contributed by atoms with Gasteiger partial charge in [0.15, 0.2) is 6.29 Å². The number of aromatic nitrogens is 2. The summed E-state index contributed by atoms with van der Waals surface area (Å²) in [4.78, 5) is 12.4. The van der Waals surface area contributed by atoms with Crippen LogP contribution in [0.1, 0.15) is 64.7 Å². The summed E-state index contributed by atoms with van der Waals surface area (Å²) in [7, 11) is 0. The van der Waals surface area contributed by atoms with E-state index in [-0.39, 0.29) is 34.6 Å². The van der Waals surface area contributed by atoms with E-state index in [1.807, 2.05) is 41.1 Å². The van der Waals surface area contributed by atoms with Crippen molar-refractivity contribution in [2.75, 3.05) is 13.2 Å². The molecule has 0 radical (unpaired) electrons. The minimum Gasteiger partial charge on any atom is -0.458 e. The molecular formula is C36H39BrN2O5. The molecule has 230 valence electrons. The number of esters is 1. The van der Waals surface area contributed by atoms with Crippen molar-refractivity contribution in [2.24, 2.45) is 22.7 Å². The van der Waals surface area contributed by atoms with Crippen LogP contribution in [0.5, 0.6) is 0 Å². The maximum Gasteiger partial charge on any atom is 0.336 e. The molecule has 44 heavy (non-hydrogen) atoms. The van der Waals surface area contributed by atoms with Gasteiger partial charge in [-0.05, 0) is 86.6 Å². The standard InChI is InChI=1S/C36H39BrN2O5/c1-34-16-14-30-35(2,28(34)13-17-36(3)29(34)19-27(44-36)25-15-18-41-32(25)40)21-42-33(43-30)26-20-39(24-7-5-4-6-8-24)38-31(26)22-9-11-23(37)12-10-22/h4-12,15,20,27-30,33H,13-14,16-19,21H2,1-3H3/t27?,28-,29-,30+,33?,34+,35-,36?/m0/s1. The molecule has 2 aliphatic carbocycles. The van der Waals surface area contributed by atoms with E-state index in [1.165, 1.54) is 0 Å². The second kappa shape index (κ2) is 10.4. The number of nitrogens with zero attached hydrogens (tertiary/aromatic N) is 2. The number of halogens is 1. The van der Waals surface area contributed by atoms with Gasteiger partial charge in [-0.3, -0.25) is 0 Å². The summed E-state index contributed by atoms with van der Waals surface area (Å²) >= 11 is 3.57. The summed E-state index contributed by atoms with van der Waals surface area (Å²) in [5.41, 5.74) is 4.26. The van der Waals surface area contributed by atoms with Crippen LogP contribution in [0, 0.1) is 22.7 Å². The van der Waals surface area contributed by atoms with Gasteiger partial charge < -0.3 is 18.9 Å². The van der Waals surface area contributed by atoms with Gasteiger partial charge in [-0.25, -0.2) is 9.48 Å². The summed E-state index contributed by atoms with van der Waals surface area (Å²) in [5.74, 6) is 0.571. The Balaban J connectivity index is 1.08. The maximum absolute atomic E-state index is 12.4. The van der Waals surface area contributed by atoms with Crippen molar-refractivity contribution in [3.63, 3.8) is 0 Å². The minimum absolute atomic E-state index is 0.0659. The molecule has 8 rings (SSSR count). The maximum atomic E-state index is 12.4. The molecule has 0 bridgehead atoms. The van der Waals surface area contributed by atoms with Gasteiger partial charge in [0.1, 0.15) is 12.3 Å². The van der Waals surface area contributed by atoms with E-state index >= 15 is 0 Å². The molecule has 3 aliphatic heterocycles. The van der Waals surface area contributed by atoms with Crippen molar-refractivity contribution in [2.45, 2.75) is 77.0 Å². The summed E-state index contributed by atoms with van der Waals surface area (Å²) in [6, 6.07) is 18.4. The molecule has 2 saturated carbocycles. The molecule has 4 fully saturated rings. The molecule has 5 aliphatic rings. The van der Waals surface area contributed by atoms with Crippen LogP contribution in [0.2, 0.25) is 0 Å². The molecule has 0 spiro atoms.